The van der Waals surface area contributed by atoms with Crippen molar-refractivity contribution in [1.82, 2.24) is 30.3 Å². The molecule has 130 valence electrons. The monoisotopic (exact) mass is 356 g/mol. The molecule has 0 radical (unpaired) electrons. The highest BCUT2D eigenvalue weighted by Crippen LogP contribution is 2.13. The van der Waals surface area contributed by atoms with Gasteiger partial charge in [-0.15, -0.1) is 0 Å². The van der Waals surface area contributed by atoms with E-state index in [1.54, 1.807) is 0 Å². The molecule has 0 aliphatic heterocycles. The summed E-state index contributed by atoms with van der Waals surface area (Å²) in [5.74, 6) is 0.312. The number of rotatable bonds is 7. The molecule has 3 rings (SSSR count). The maximum Gasteiger partial charge on any atom is 0.230 e. The number of thioether (sulfide) groups is 1. The van der Waals surface area contributed by atoms with Crippen LogP contribution in [0.15, 0.2) is 41.8 Å². The number of nitrogens with one attached hydrogen (secondary N) is 2. The highest BCUT2D eigenvalue weighted by molar-refractivity contribution is 7.99. The molecule has 1 aromatic carbocycles. The van der Waals surface area contributed by atoms with Crippen molar-refractivity contribution in [2.75, 3.05) is 12.3 Å². The third kappa shape index (κ3) is 4.69. The fraction of sp³-hybridized carbons (Fsp3) is 0.294. The molecule has 0 spiro atoms. The van der Waals surface area contributed by atoms with E-state index in [2.05, 4.69) is 55.9 Å². The van der Waals surface area contributed by atoms with Gasteiger partial charge < -0.3 is 5.32 Å². The van der Waals surface area contributed by atoms with E-state index in [1.807, 2.05) is 18.5 Å². The van der Waals surface area contributed by atoms with E-state index in [4.69, 9.17) is 0 Å². The van der Waals surface area contributed by atoms with Gasteiger partial charge in [0.2, 0.25) is 5.91 Å². The summed E-state index contributed by atoms with van der Waals surface area (Å²) in [6.45, 7) is 4.64. The van der Waals surface area contributed by atoms with Crippen LogP contribution in [0.1, 0.15) is 17.0 Å². The number of carbonyl (C=O) groups excluding carboxylic acids is 1. The zero-order chi connectivity index (χ0) is 17.6. The number of hydrogen-bond donors (Lipinski definition) is 2. The topological polar surface area (TPSA) is 88.5 Å². The van der Waals surface area contributed by atoms with Gasteiger partial charge in [-0.05, 0) is 44.0 Å². The van der Waals surface area contributed by atoms with Crippen molar-refractivity contribution in [1.29, 1.82) is 0 Å². The summed E-state index contributed by atoms with van der Waals surface area (Å²) < 4.78 is 1.93. The summed E-state index contributed by atoms with van der Waals surface area (Å²) in [5.41, 5.74) is 4.34. The molecule has 0 saturated carbocycles. The Balaban J connectivity index is 1.45. The molecule has 0 saturated heterocycles. The predicted octanol–water partition coefficient (Wildman–Crippen LogP) is 2.06. The van der Waals surface area contributed by atoms with Gasteiger partial charge in [0.15, 0.2) is 5.16 Å². The van der Waals surface area contributed by atoms with Gasteiger partial charge in [0.1, 0.15) is 6.33 Å². The van der Waals surface area contributed by atoms with E-state index < -0.39 is 0 Å². The van der Waals surface area contributed by atoms with E-state index in [-0.39, 0.29) is 5.91 Å². The van der Waals surface area contributed by atoms with Crippen LogP contribution in [-0.4, -0.2) is 43.2 Å². The first-order valence-corrected chi connectivity index (χ1v) is 8.98. The molecule has 25 heavy (non-hydrogen) atoms. The van der Waals surface area contributed by atoms with E-state index in [0.29, 0.717) is 17.5 Å². The fourth-order valence-corrected chi connectivity index (χ4v) is 3.10. The SMILES string of the molecule is Cc1cc(C)n(-c2ccc(CCNC(=O)CSc3ncn[nH]3)cc2)n1. The van der Waals surface area contributed by atoms with Gasteiger partial charge in [-0.25, -0.2) is 9.67 Å². The molecule has 0 fully saturated rings. The van der Waals surface area contributed by atoms with Crippen LogP contribution in [0.4, 0.5) is 0 Å². The molecule has 0 atom stereocenters. The molecule has 7 nitrogen and oxygen atoms in total. The third-order valence-corrected chi connectivity index (χ3v) is 4.54. The zero-order valence-corrected chi connectivity index (χ0v) is 15.0. The number of hydrogen-bond acceptors (Lipinski definition) is 5. The maximum atomic E-state index is 11.8. The quantitative estimate of drug-likeness (QED) is 0.633. The molecule has 0 aliphatic carbocycles. The Morgan fingerprint density at radius 2 is 2.08 bits per heavy atom. The number of aryl methyl sites for hydroxylation is 2. The van der Waals surface area contributed by atoms with Crippen molar-refractivity contribution in [2.24, 2.45) is 0 Å². The molecular weight excluding hydrogens is 336 g/mol. The normalized spacial score (nSPS) is 10.8. The number of carbonyl (C=O) groups is 1. The van der Waals surface area contributed by atoms with Gasteiger partial charge in [0.05, 0.1) is 17.1 Å². The summed E-state index contributed by atoms with van der Waals surface area (Å²) >= 11 is 1.33. The Kier molecular flexibility index (Phi) is 5.49. The van der Waals surface area contributed by atoms with Crippen molar-refractivity contribution in [3.63, 3.8) is 0 Å². The van der Waals surface area contributed by atoms with Crippen LogP contribution in [0.25, 0.3) is 5.69 Å². The van der Waals surface area contributed by atoms with Crippen LogP contribution < -0.4 is 5.32 Å². The summed E-state index contributed by atoms with van der Waals surface area (Å²) in [6.07, 6.45) is 2.21. The van der Waals surface area contributed by atoms with Crippen LogP contribution in [0.5, 0.6) is 0 Å². The van der Waals surface area contributed by atoms with Gasteiger partial charge in [0.25, 0.3) is 0 Å². The Hall–Kier alpha value is -2.61. The average molecular weight is 356 g/mol. The minimum atomic E-state index is -0.0133. The van der Waals surface area contributed by atoms with Crippen LogP contribution in [-0.2, 0) is 11.2 Å². The molecule has 2 heterocycles. The summed E-state index contributed by atoms with van der Waals surface area (Å²) in [7, 11) is 0. The summed E-state index contributed by atoms with van der Waals surface area (Å²) in [4.78, 5) is 15.8. The third-order valence-electron chi connectivity index (χ3n) is 3.66. The number of aromatic nitrogens is 5. The first kappa shape index (κ1) is 17.2. The van der Waals surface area contributed by atoms with Crippen LogP contribution >= 0.6 is 11.8 Å². The minimum absolute atomic E-state index is 0.0133. The summed E-state index contributed by atoms with van der Waals surface area (Å²) in [6, 6.07) is 10.3. The molecule has 3 aromatic rings. The standard InChI is InChI=1S/C17H20N6OS/c1-12-9-13(2)23(22-12)15-5-3-14(4-6-15)7-8-18-16(24)10-25-17-19-11-20-21-17/h3-6,9,11H,7-8,10H2,1-2H3,(H,18,24)(H,19,20,21). The number of nitrogens with zero attached hydrogens (tertiary/aromatic N) is 4. The Bertz CT molecular complexity index is 825. The Labute approximate surface area is 150 Å². The second-order valence-electron chi connectivity index (χ2n) is 5.68. The van der Waals surface area contributed by atoms with Crippen molar-refractivity contribution in [2.45, 2.75) is 25.4 Å². The van der Waals surface area contributed by atoms with Crippen LogP contribution in [0, 0.1) is 13.8 Å². The zero-order valence-electron chi connectivity index (χ0n) is 14.2. The highest BCUT2D eigenvalue weighted by Gasteiger charge is 2.06. The Morgan fingerprint density at radius 3 is 2.72 bits per heavy atom. The molecule has 2 aromatic heterocycles. The first-order chi connectivity index (χ1) is 12.1. The van der Waals surface area contributed by atoms with Crippen molar-refractivity contribution in [3.8, 4) is 5.69 Å². The lowest BCUT2D eigenvalue weighted by molar-refractivity contribution is -0.118. The fourth-order valence-electron chi connectivity index (χ4n) is 2.49. The Morgan fingerprint density at radius 1 is 1.28 bits per heavy atom. The van der Waals surface area contributed by atoms with Crippen molar-refractivity contribution >= 4 is 17.7 Å². The molecule has 0 aliphatic rings. The molecule has 8 heteroatoms. The molecule has 1 amide bonds. The van der Waals surface area contributed by atoms with E-state index in [1.165, 1.54) is 23.7 Å². The molecule has 2 N–H and O–H groups in total. The molecule has 0 unspecified atom stereocenters. The lowest BCUT2D eigenvalue weighted by Gasteiger charge is -2.07. The second-order valence-corrected chi connectivity index (χ2v) is 6.65. The number of benzene rings is 1. The predicted molar refractivity (Wildman–Crippen MR) is 96.9 cm³/mol. The smallest absolute Gasteiger partial charge is 0.230 e. The maximum absolute atomic E-state index is 11.8. The summed E-state index contributed by atoms with van der Waals surface area (Å²) in [5, 5.41) is 14.5. The minimum Gasteiger partial charge on any atom is -0.355 e. The van der Waals surface area contributed by atoms with Crippen LogP contribution in [0.2, 0.25) is 0 Å². The van der Waals surface area contributed by atoms with Crippen molar-refractivity contribution < 1.29 is 4.79 Å². The second kappa shape index (κ2) is 7.98. The molecule has 0 bridgehead atoms. The number of aromatic amines is 1. The largest absolute Gasteiger partial charge is 0.355 e. The van der Waals surface area contributed by atoms with Gasteiger partial charge in [0, 0.05) is 12.2 Å². The van der Waals surface area contributed by atoms with Crippen molar-refractivity contribution in [3.05, 3.63) is 53.6 Å². The highest BCUT2D eigenvalue weighted by atomic mass is 32.2. The van der Waals surface area contributed by atoms with Gasteiger partial charge in [-0.2, -0.15) is 10.2 Å². The lowest BCUT2D eigenvalue weighted by atomic mass is 10.1. The van der Waals surface area contributed by atoms with Gasteiger partial charge >= 0.3 is 0 Å². The lowest BCUT2D eigenvalue weighted by Crippen LogP contribution is -2.27. The molecular formula is C17H20N6OS. The van der Waals surface area contributed by atoms with E-state index >= 15 is 0 Å². The van der Waals surface area contributed by atoms with E-state index in [9.17, 15) is 4.79 Å². The average Bonchev–Trinajstić information content (AvgIpc) is 3.23. The van der Waals surface area contributed by atoms with Gasteiger partial charge in [-0.1, -0.05) is 23.9 Å². The number of amides is 1. The van der Waals surface area contributed by atoms with E-state index in [0.717, 1.165) is 23.5 Å². The van der Waals surface area contributed by atoms with Crippen LogP contribution in [0.3, 0.4) is 0 Å². The van der Waals surface area contributed by atoms with Gasteiger partial charge in [-0.3, -0.25) is 9.89 Å². The first-order valence-electron chi connectivity index (χ1n) is 7.99. The number of H-pyrrole nitrogens is 1.